The summed E-state index contributed by atoms with van der Waals surface area (Å²) in [6.07, 6.45) is 1.50. The molecular formula is C15H16ClN3O2. The van der Waals surface area contributed by atoms with Crippen molar-refractivity contribution >= 4 is 17.4 Å². The number of aromatic nitrogens is 2. The van der Waals surface area contributed by atoms with Crippen LogP contribution in [-0.4, -0.2) is 29.3 Å². The number of hydrogen-bond donors (Lipinski definition) is 1. The lowest BCUT2D eigenvalue weighted by atomic mass is 10.0. The zero-order valence-electron chi connectivity index (χ0n) is 11.7. The first-order chi connectivity index (χ1) is 10.2. The van der Waals surface area contributed by atoms with E-state index in [1.807, 2.05) is 18.2 Å². The van der Waals surface area contributed by atoms with Crippen LogP contribution >= 0.6 is 11.6 Å². The zero-order chi connectivity index (χ0) is 14.8. The third kappa shape index (κ3) is 2.72. The number of ketones is 1. The van der Waals surface area contributed by atoms with E-state index in [4.69, 9.17) is 16.3 Å². The molecule has 0 spiro atoms. The summed E-state index contributed by atoms with van der Waals surface area (Å²) in [5.41, 5.74) is 3.46. The summed E-state index contributed by atoms with van der Waals surface area (Å²) < 4.78 is 6.63. The molecule has 0 saturated carbocycles. The predicted octanol–water partition coefficient (Wildman–Crippen LogP) is 2.02. The third-order valence-corrected chi connectivity index (χ3v) is 3.89. The highest BCUT2D eigenvalue weighted by atomic mass is 35.5. The standard InChI is InChI=1S/C15H16ClN3O2/c1-21-5-4-19-14(13(16)9-18-19)15(20)10-2-3-11-7-17-8-12(11)6-10/h2-3,6,9,17H,4-5,7-8H2,1H3. The van der Waals surface area contributed by atoms with E-state index in [-0.39, 0.29) is 5.78 Å². The van der Waals surface area contributed by atoms with E-state index < -0.39 is 0 Å². The summed E-state index contributed by atoms with van der Waals surface area (Å²) in [6, 6.07) is 5.77. The number of hydrogen-bond acceptors (Lipinski definition) is 4. The molecule has 3 rings (SSSR count). The molecule has 0 saturated heterocycles. The number of halogens is 1. The minimum atomic E-state index is -0.108. The smallest absolute Gasteiger partial charge is 0.212 e. The number of rotatable bonds is 5. The number of fused-ring (bicyclic) bond motifs is 1. The number of nitrogens with one attached hydrogen (secondary N) is 1. The first-order valence-corrected chi connectivity index (χ1v) is 7.16. The predicted molar refractivity (Wildman–Crippen MR) is 79.5 cm³/mol. The maximum absolute atomic E-state index is 12.7. The molecule has 0 radical (unpaired) electrons. The van der Waals surface area contributed by atoms with Crippen molar-refractivity contribution in [3.63, 3.8) is 0 Å². The van der Waals surface area contributed by atoms with Crippen LogP contribution in [0.2, 0.25) is 5.02 Å². The Bertz CT molecular complexity index is 682. The van der Waals surface area contributed by atoms with Crippen molar-refractivity contribution in [3.8, 4) is 0 Å². The Morgan fingerprint density at radius 3 is 3.05 bits per heavy atom. The minimum absolute atomic E-state index is 0.108. The summed E-state index contributed by atoms with van der Waals surface area (Å²) in [6.45, 7) is 2.63. The van der Waals surface area contributed by atoms with Gasteiger partial charge in [0.25, 0.3) is 0 Å². The molecule has 6 heteroatoms. The van der Waals surface area contributed by atoms with Crippen LogP contribution in [-0.2, 0) is 24.4 Å². The number of ether oxygens (including phenoxy) is 1. The molecule has 0 unspecified atom stereocenters. The van der Waals surface area contributed by atoms with Gasteiger partial charge in [0, 0.05) is 25.8 Å². The molecule has 2 aromatic rings. The van der Waals surface area contributed by atoms with E-state index in [2.05, 4.69) is 10.4 Å². The van der Waals surface area contributed by atoms with Crippen molar-refractivity contribution in [2.75, 3.05) is 13.7 Å². The topological polar surface area (TPSA) is 56.2 Å². The van der Waals surface area contributed by atoms with E-state index >= 15 is 0 Å². The van der Waals surface area contributed by atoms with Crippen LogP contribution in [0.3, 0.4) is 0 Å². The number of nitrogens with zero attached hydrogens (tertiary/aromatic N) is 2. The van der Waals surface area contributed by atoms with Crippen LogP contribution in [0.1, 0.15) is 27.2 Å². The Labute approximate surface area is 127 Å². The summed E-state index contributed by atoms with van der Waals surface area (Å²) >= 11 is 6.13. The monoisotopic (exact) mass is 305 g/mol. The van der Waals surface area contributed by atoms with E-state index in [0.29, 0.717) is 29.4 Å². The van der Waals surface area contributed by atoms with Gasteiger partial charge < -0.3 is 10.1 Å². The average molecular weight is 306 g/mol. The molecule has 21 heavy (non-hydrogen) atoms. The van der Waals surface area contributed by atoms with Crippen molar-refractivity contribution in [2.45, 2.75) is 19.6 Å². The number of carbonyl (C=O) groups is 1. The van der Waals surface area contributed by atoms with Crippen molar-refractivity contribution in [1.29, 1.82) is 0 Å². The lowest BCUT2D eigenvalue weighted by Crippen LogP contribution is -2.15. The van der Waals surface area contributed by atoms with Crippen molar-refractivity contribution in [1.82, 2.24) is 15.1 Å². The molecule has 1 N–H and O–H groups in total. The molecule has 0 fully saturated rings. The normalized spacial score (nSPS) is 13.4. The average Bonchev–Trinajstić information content (AvgIpc) is 3.10. The third-order valence-electron chi connectivity index (χ3n) is 3.62. The number of carbonyl (C=O) groups excluding carboxylic acids is 1. The van der Waals surface area contributed by atoms with Gasteiger partial charge in [0.2, 0.25) is 5.78 Å². The molecular weight excluding hydrogens is 290 g/mol. The van der Waals surface area contributed by atoms with E-state index in [9.17, 15) is 4.79 Å². The molecule has 0 aliphatic carbocycles. The van der Waals surface area contributed by atoms with Crippen molar-refractivity contribution < 1.29 is 9.53 Å². The van der Waals surface area contributed by atoms with Crippen LogP contribution < -0.4 is 5.32 Å². The maximum Gasteiger partial charge on any atom is 0.212 e. The van der Waals surface area contributed by atoms with E-state index in [1.54, 1.807) is 11.8 Å². The van der Waals surface area contributed by atoms with Gasteiger partial charge >= 0.3 is 0 Å². The fourth-order valence-electron chi connectivity index (χ4n) is 2.51. The van der Waals surface area contributed by atoms with E-state index in [1.165, 1.54) is 17.3 Å². The van der Waals surface area contributed by atoms with Gasteiger partial charge in [0.15, 0.2) is 0 Å². The molecule has 1 aliphatic heterocycles. The lowest BCUT2D eigenvalue weighted by molar-refractivity contribution is 0.102. The highest BCUT2D eigenvalue weighted by molar-refractivity contribution is 6.34. The fraction of sp³-hybridized carbons (Fsp3) is 0.333. The number of benzene rings is 1. The largest absolute Gasteiger partial charge is 0.383 e. The maximum atomic E-state index is 12.7. The molecule has 110 valence electrons. The second-order valence-corrected chi connectivity index (χ2v) is 5.38. The van der Waals surface area contributed by atoms with Gasteiger partial charge in [-0.2, -0.15) is 5.10 Å². The Hall–Kier alpha value is -1.69. The number of methoxy groups -OCH3 is 1. The summed E-state index contributed by atoms with van der Waals surface area (Å²) in [4.78, 5) is 12.7. The van der Waals surface area contributed by atoms with Crippen LogP contribution in [0.15, 0.2) is 24.4 Å². The zero-order valence-corrected chi connectivity index (χ0v) is 12.5. The van der Waals surface area contributed by atoms with Crippen molar-refractivity contribution in [3.05, 3.63) is 51.8 Å². The van der Waals surface area contributed by atoms with Gasteiger partial charge in [-0.25, -0.2) is 0 Å². The first-order valence-electron chi connectivity index (χ1n) is 6.78. The van der Waals surface area contributed by atoms with Gasteiger partial charge in [-0.1, -0.05) is 23.7 Å². The van der Waals surface area contributed by atoms with Crippen LogP contribution in [0.25, 0.3) is 0 Å². The molecule has 0 amide bonds. The molecule has 5 nitrogen and oxygen atoms in total. The molecule has 0 atom stereocenters. The Morgan fingerprint density at radius 1 is 1.43 bits per heavy atom. The molecule has 2 heterocycles. The van der Waals surface area contributed by atoms with Crippen LogP contribution in [0, 0.1) is 0 Å². The van der Waals surface area contributed by atoms with Gasteiger partial charge in [-0.15, -0.1) is 0 Å². The fourth-order valence-corrected chi connectivity index (χ4v) is 2.74. The highest BCUT2D eigenvalue weighted by Gasteiger charge is 2.21. The molecule has 1 aliphatic rings. The Balaban J connectivity index is 1.93. The van der Waals surface area contributed by atoms with Crippen LogP contribution in [0.5, 0.6) is 0 Å². The summed E-state index contributed by atoms with van der Waals surface area (Å²) in [5.74, 6) is -0.108. The second-order valence-electron chi connectivity index (χ2n) is 4.97. The van der Waals surface area contributed by atoms with Gasteiger partial charge in [-0.3, -0.25) is 9.48 Å². The summed E-state index contributed by atoms with van der Waals surface area (Å²) in [7, 11) is 1.61. The van der Waals surface area contributed by atoms with Gasteiger partial charge in [0.05, 0.1) is 24.4 Å². The quantitative estimate of drug-likeness (QED) is 0.859. The van der Waals surface area contributed by atoms with Crippen molar-refractivity contribution in [2.24, 2.45) is 0 Å². The molecule has 0 bridgehead atoms. The lowest BCUT2D eigenvalue weighted by Gasteiger charge is -2.08. The highest BCUT2D eigenvalue weighted by Crippen LogP contribution is 2.22. The minimum Gasteiger partial charge on any atom is -0.383 e. The molecule has 1 aromatic heterocycles. The SMILES string of the molecule is COCCn1ncc(Cl)c1C(=O)c1ccc2c(c1)CNC2. The van der Waals surface area contributed by atoms with Crippen LogP contribution in [0.4, 0.5) is 0 Å². The first kappa shape index (κ1) is 14.3. The van der Waals surface area contributed by atoms with Gasteiger partial charge in [-0.05, 0) is 17.2 Å². The van der Waals surface area contributed by atoms with E-state index in [0.717, 1.165) is 13.1 Å². The summed E-state index contributed by atoms with van der Waals surface area (Å²) in [5, 5.41) is 7.78. The van der Waals surface area contributed by atoms with Gasteiger partial charge in [0.1, 0.15) is 5.69 Å². The second kappa shape index (κ2) is 5.97. The Morgan fingerprint density at radius 2 is 2.24 bits per heavy atom. The molecule has 1 aromatic carbocycles. The Kier molecular flexibility index (Phi) is 4.05.